The van der Waals surface area contributed by atoms with Crippen molar-refractivity contribution >= 4 is 27.5 Å². The predicted molar refractivity (Wildman–Crippen MR) is 130 cm³/mol. The summed E-state index contributed by atoms with van der Waals surface area (Å²) in [4.78, 5) is 27.8. The number of sulfonamides is 1. The normalized spacial score (nSPS) is 23.0. The molecule has 0 saturated heterocycles. The van der Waals surface area contributed by atoms with Crippen molar-refractivity contribution in [1.82, 2.24) is 9.21 Å². The van der Waals surface area contributed by atoms with E-state index in [1.54, 1.807) is 30.0 Å². The minimum absolute atomic E-state index is 0.0228. The lowest BCUT2D eigenvalue weighted by molar-refractivity contribution is -0.120. The number of amides is 2. The van der Waals surface area contributed by atoms with Gasteiger partial charge in [-0.1, -0.05) is 26.2 Å². The van der Waals surface area contributed by atoms with Crippen LogP contribution in [0.1, 0.15) is 56.3 Å². The third kappa shape index (κ3) is 6.28. The number of benzene rings is 1. The number of hydrogen-bond acceptors (Lipinski definition) is 6. The number of nitrogens with one attached hydrogen (secondary N) is 1. The van der Waals surface area contributed by atoms with E-state index in [0.717, 1.165) is 38.4 Å². The number of nitrogens with zero attached hydrogens (tertiary/aromatic N) is 2. The zero-order valence-corrected chi connectivity index (χ0v) is 21.3. The third-order valence-corrected chi connectivity index (χ3v) is 8.19. The summed E-state index contributed by atoms with van der Waals surface area (Å²) in [6, 6.07) is 4.53. The lowest BCUT2D eigenvalue weighted by Crippen LogP contribution is -2.50. The van der Waals surface area contributed by atoms with Crippen molar-refractivity contribution in [2.24, 2.45) is 11.8 Å². The van der Waals surface area contributed by atoms with Gasteiger partial charge in [0.15, 0.2) is 0 Å². The lowest BCUT2D eigenvalue weighted by atomic mass is 9.88. The van der Waals surface area contributed by atoms with Gasteiger partial charge in [0.25, 0.3) is 5.91 Å². The second-order valence-corrected chi connectivity index (χ2v) is 11.8. The number of aliphatic hydroxyl groups is 1. The fraction of sp³-hybridized carbons (Fsp3) is 0.667. The summed E-state index contributed by atoms with van der Waals surface area (Å²) >= 11 is 0. The van der Waals surface area contributed by atoms with Crippen molar-refractivity contribution in [2.75, 3.05) is 38.3 Å². The molecule has 1 aromatic carbocycles. The van der Waals surface area contributed by atoms with Crippen molar-refractivity contribution in [2.45, 2.75) is 58.1 Å². The summed E-state index contributed by atoms with van der Waals surface area (Å²) in [6.45, 7) is 3.87. The van der Waals surface area contributed by atoms with E-state index in [-0.39, 0.29) is 42.4 Å². The Morgan fingerprint density at radius 1 is 1.29 bits per heavy atom. The number of anilines is 1. The SMILES string of the molecule is C[C@H]1CN([C@@H](C)CO)C(=O)c2cc(NC(=O)C3CCCCC3)ccc2O[C@@H]1CN(C)S(C)(=O)=O. The molecule has 1 heterocycles. The molecule has 3 rings (SSSR count). The highest BCUT2D eigenvalue weighted by Gasteiger charge is 2.34. The van der Waals surface area contributed by atoms with E-state index in [4.69, 9.17) is 4.74 Å². The summed E-state index contributed by atoms with van der Waals surface area (Å²) in [5, 5.41) is 12.7. The van der Waals surface area contributed by atoms with Crippen molar-refractivity contribution in [3.05, 3.63) is 23.8 Å². The standard InChI is InChI=1S/C24H37N3O6S/c1-16-13-27(17(2)15-28)24(30)20-12-19(25-23(29)18-8-6-5-7-9-18)10-11-21(20)33-22(16)14-26(3)34(4,31)32/h10-12,16-18,22,28H,5-9,13-15H2,1-4H3,(H,25,29)/t16-,17-,22+/m0/s1. The molecule has 1 fully saturated rings. The Labute approximate surface area is 202 Å². The van der Waals surface area contributed by atoms with Crippen LogP contribution in [-0.2, 0) is 14.8 Å². The van der Waals surface area contributed by atoms with E-state index in [2.05, 4.69) is 5.32 Å². The van der Waals surface area contributed by atoms with Crippen LogP contribution in [0.15, 0.2) is 18.2 Å². The summed E-state index contributed by atoms with van der Waals surface area (Å²) in [5.41, 5.74) is 0.793. The molecule has 0 spiro atoms. The van der Waals surface area contributed by atoms with E-state index in [9.17, 15) is 23.1 Å². The van der Waals surface area contributed by atoms with Gasteiger partial charge in [-0.2, -0.15) is 0 Å². The maximum atomic E-state index is 13.5. The van der Waals surface area contributed by atoms with Crippen molar-refractivity contribution in [3.8, 4) is 5.75 Å². The number of carbonyl (C=O) groups excluding carboxylic acids is 2. The van der Waals surface area contributed by atoms with E-state index >= 15 is 0 Å². The van der Waals surface area contributed by atoms with E-state index in [1.807, 2.05) is 6.92 Å². The van der Waals surface area contributed by atoms with Gasteiger partial charge in [-0.25, -0.2) is 12.7 Å². The third-order valence-electron chi connectivity index (χ3n) is 6.91. The first-order chi connectivity index (χ1) is 16.0. The molecule has 10 heteroatoms. The van der Waals surface area contributed by atoms with Crippen LogP contribution in [0.4, 0.5) is 5.69 Å². The number of likely N-dealkylation sites (N-methyl/N-ethyl adjacent to an activating group) is 1. The van der Waals surface area contributed by atoms with Gasteiger partial charge in [-0.3, -0.25) is 9.59 Å². The van der Waals surface area contributed by atoms with Gasteiger partial charge >= 0.3 is 0 Å². The molecule has 2 N–H and O–H groups in total. The van der Waals surface area contributed by atoms with Gasteiger partial charge in [-0.15, -0.1) is 0 Å². The molecular weight excluding hydrogens is 458 g/mol. The van der Waals surface area contributed by atoms with Gasteiger partial charge in [0, 0.05) is 31.1 Å². The van der Waals surface area contributed by atoms with Crippen LogP contribution in [0.3, 0.4) is 0 Å². The number of ether oxygens (including phenoxy) is 1. The van der Waals surface area contributed by atoms with Gasteiger partial charge in [-0.05, 0) is 38.0 Å². The maximum Gasteiger partial charge on any atom is 0.258 e. The van der Waals surface area contributed by atoms with Gasteiger partial charge < -0.3 is 20.1 Å². The van der Waals surface area contributed by atoms with Gasteiger partial charge in [0.05, 0.1) is 31.0 Å². The topological polar surface area (TPSA) is 116 Å². The average molecular weight is 496 g/mol. The summed E-state index contributed by atoms with van der Waals surface area (Å²) in [5.74, 6) is -0.228. The number of rotatable bonds is 7. The molecule has 0 unspecified atom stereocenters. The minimum atomic E-state index is -3.42. The van der Waals surface area contributed by atoms with E-state index in [0.29, 0.717) is 18.0 Å². The fourth-order valence-electron chi connectivity index (χ4n) is 4.52. The van der Waals surface area contributed by atoms with Crippen LogP contribution >= 0.6 is 0 Å². The molecule has 0 bridgehead atoms. The zero-order chi connectivity index (χ0) is 25.0. The zero-order valence-electron chi connectivity index (χ0n) is 20.5. The van der Waals surface area contributed by atoms with Gasteiger partial charge in [0.2, 0.25) is 15.9 Å². The highest BCUT2D eigenvalue weighted by molar-refractivity contribution is 7.88. The van der Waals surface area contributed by atoms with Crippen molar-refractivity contribution in [3.63, 3.8) is 0 Å². The van der Waals surface area contributed by atoms with E-state index < -0.39 is 22.2 Å². The molecule has 190 valence electrons. The second kappa shape index (κ2) is 11.0. The van der Waals surface area contributed by atoms with Crippen LogP contribution in [-0.4, -0.2) is 79.7 Å². The Morgan fingerprint density at radius 3 is 2.59 bits per heavy atom. The maximum absolute atomic E-state index is 13.5. The monoisotopic (exact) mass is 495 g/mol. The molecule has 2 amide bonds. The summed E-state index contributed by atoms with van der Waals surface area (Å²) in [7, 11) is -1.92. The van der Waals surface area contributed by atoms with Crippen LogP contribution in [0.2, 0.25) is 0 Å². The van der Waals surface area contributed by atoms with Crippen molar-refractivity contribution < 1.29 is 27.9 Å². The highest BCUT2D eigenvalue weighted by Crippen LogP contribution is 2.32. The number of fused-ring (bicyclic) bond motifs is 1. The van der Waals surface area contributed by atoms with Crippen LogP contribution in [0.25, 0.3) is 0 Å². The number of carbonyl (C=O) groups is 2. The largest absolute Gasteiger partial charge is 0.488 e. The first-order valence-electron chi connectivity index (χ1n) is 12.0. The first kappa shape index (κ1) is 26.4. The first-order valence-corrected chi connectivity index (χ1v) is 13.8. The number of hydrogen-bond donors (Lipinski definition) is 2. The van der Waals surface area contributed by atoms with E-state index in [1.165, 1.54) is 11.4 Å². The van der Waals surface area contributed by atoms with Crippen LogP contribution < -0.4 is 10.1 Å². The quantitative estimate of drug-likeness (QED) is 0.600. The Bertz CT molecular complexity index is 992. The fourth-order valence-corrected chi connectivity index (χ4v) is 4.93. The predicted octanol–water partition coefficient (Wildman–Crippen LogP) is 2.32. The molecule has 34 heavy (non-hydrogen) atoms. The lowest BCUT2D eigenvalue weighted by Gasteiger charge is -2.38. The molecule has 1 saturated carbocycles. The van der Waals surface area contributed by atoms with Crippen LogP contribution in [0.5, 0.6) is 5.75 Å². The van der Waals surface area contributed by atoms with Crippen molar-refractivity contribution in [1.29, 1.82) is 0 Å². The van der Waals surface area contributed by atoms with Gasteiger partial charge in [0.1, 0.15) is 11.9 Å². The average Bonchev–Trinajstić information content (AvgIpc) is 2.81. The Kier molecular flexibility index (Phi) is 8.59. The second-order valence-electron chi connectivity index (χ2n) is 9.70. The van der Waals surface area contributed by atoms with Crippen LogP contribution in [0, 0.1) is 11.8 Å². The Morgan fingerprint density at radius 2 is 1.97 bits per heavy atom. The smallest absolute Gasteiger partial charge is 0.258 e. The summed E-state index contributed by atoms with van der Waals surface area (Å²) < 4.78 is 31.4. The molecule has 1 aliphatic carbocycles. The number of aliphatic hydroxyl groups excluding tert-OH is 1. The Hall–Kier alpha value is -2.17. The molecule has 2 aliphatic rings. The minimum Gasteiger partial charge on any atom is -0.488 e. The molecule has 9 nitrogen and oxygen atoms in total. The molecule has 3 atom stereocenters. The Balaban J connectivity index is 1.92. The summed E-state index contributed by atoms with van der Waals surface area (Å²) in [6.07, 6.45) is 5.61. The highest BCUT2D eigenvalue weighted by atomic mass is 32.2. The molecule has 0 radical (unpaired) electrons. The molecule has 1 aromatic rings. The molecule has 1 aliphatic heterocycles. The molecular formula is C24H37N3O6S. The molecule has 0 aromatic heterocycles.